The molecule has 0 fully saturated rings. The molecule has 0 heterocycles. The van der Waals surface area contributed by atoms with E-state index in [4.69, 9.17) is 5.26 Å². The van der Waals surface area contributed by atoms with Crippen molar-refractivity contribution in [3.05, 3.63) is 29.1 Å². The predicted molar refractivity (Wildman–Crippen MR) is 53.2 cm³/mol. The summed E-state index contributed by atoms with van der Waals surface area (Å²) in [6.07, 6.45) is 0. The number of amides is 2. The Hall–Kier alpha value is -2.70. The van der Waals surface area contributed by atoms with Crippen LogP contribution in [0.15, 0.2) is 0 Å². The van der Waals surface area contributed by atoms with Crippen molar-refractivity contribution >= 4 is 17.5 Å². The van der Waals surface area contributed by atoms with Gasteiger partial charge in [-0.1, -0.05) is 0 Å². The van der Waals surface area contributed by atoms with Crippen LogP contribution in [0.1, 0.15) is 0 Å². The molecule has 0 radical (unpaired) electrons. The van der Waals surface area contributed by atoms with E-state index in [9.17, 15) is 31.5 Å². The second-order valence-electron chi connectivity index (χ2n) is 3.40. The van der Waals surface area contributed by atoms with Crippen LogP contribution in [0, 0.1) is 46.3 Å². The van der Waals surface area contributed by atoms with E-state index in [1.165, 1.54) is 5.32 Å². The second-order valence-corrected chi connectivity index (χ2v) is 3.40. The number of nitrogens with zero attached hydrogens (tertiary/aromatic N) is 1. The van der Waals surface area contributed by atoms with E-state index >= 15 is 0 Å². The summed E-state index contributed by atoms with van der Waals surface area (Å²) in [5, 5.41) is 9.69. The van der Waals surface area contributed by atoms with E-state index in [1.54, 1.807) is 0 Å². The lowest BCUT2D eigenvalue weighted by atomic mass is 10.1. The number of halogens is 5. The first kappa shape index (κ1) is 15.4. The molecule has 20 heavy (non-hydrogen) atoms. The third kappa shape index (κ3) is 2.51. The molecule has 0 aromatic heterocycles. The average Bonchev–Trinajstić information content (AvgIpc) is 2.39. The van der Waals surface area contributed by atoms with Crippen molar-refractivity contribution in [1.82, 2.24) is 0 Å². The van der Waals surface area contributed by atoms with Gasteiger partial charge in [-0.05, 0) is 0 Å². The molecule has 5 nitrogen and oxygen atoms in total. The fourth-order valence-electron chi connectivity index (χ4n) is 1.16. The van der Waals surface area contributed by atoms with E-state index in [0.29, 0.717) is 0 Å². The molecule has 0 spiro atoms. The standard InChI is InChI=1S/C10H4F5N3O2/c11-3-4(12)6(14)8(7(15)5(3)13)18-10(20)2(1-16)9(17)19/h2H,(H2,17,19)(H,18,20). The van der Waals surface area contributed by atoms with Crippen LogP contribution in [0.5, 0.6) is 0 Å². The summed E-state index contributed by atoms with van der Waals surface area (Å²) in [7, 11) is 0. The van der Waals surface area contributed by atoms with Crippen LogP contribution in [0.4, 0.5) is 27.6 Å². The van der Waals surface area contributed by atoms with Crippen molar-refractivity contribution < 1.29 is 31.5 Å². The van der Waals surface area contributed by atoms with Gasteiger partial charge >= 0.3 is 0 Å². The zero-order valence-electron chi connectivity index (χ0n) is 9.31. The Morgan fingerprint density at radius 3 is 1.75 bits per heavy atom. The maximum Gasteiger partial charge on any atom is 0.251 e. The topological polar surface area (TPSA) is 96.0 Å². The van der Waals surface area contributed by atoms with Crippen LogP contribution < -0.4 is 11.1 Å². The molecule has 0 aliphatic rings. The van der Waals surface area contributed by atoms with Gasteiger partial charge in [0, 0.05) is 0 Å². The van der Waals surface area contributed by atoms with E-state index in [-0.39, 0.29) is 0 Å². The largest absolute Gasteiger partial charge is 0.368 e. The second kappa shape index (κ2) is 5.52. The molecule has 0 saturated carbocycles. The first-order chi connectivity index (χ1) is 9.22. The summed E-state index contributed by atoms with van der Waals surface area (Å²) in [5.41, 5.74) is 2.97. The summed E-state index contributed by atoms with van der Waals surface area (Å²) < 4.78 is 64.8. The normalized spacial score (nSPS) is 11.6. The Bertz CT molecular complexity index is 612. The van der Waals surface area contributed by atoms with Crippen molar-refractivity contribution in [1.29, 1.82) is 5.26 Å². The van der Waals surface area contributed by atoms with E-state index in [1.807, 2.05) is 0 Å². The van der Waals surface area contributed by atoms with Crippen molar-refractivity contribution in [2.24, 2.45) is 11.7 Å². The van der Waals surface area contributed by atoms with Crippen LogP contribution in [0.2, 0.25) is 0 Å². The van der Waals surface area contributed by atoms with Gasteiger partial charge in [-0.3, -0.25) is 9.59 Å². The first-order valence-electron chi connectivity index (χ1n) is 4.73. The summed E-state index contributed by atoms with van der Waals surface area (Å²) >= 11 is 0. The van der Waals surface area contributed by atoms with E-state index in [0.717, 1.165) is 6.07 Å². The lowest BCUT2D eigenvalue weighted by Crippen LogP contribution is -2.34. The number of nitrogens with one attached hydrogen (secondary N) is 1. The van der Waals surface area contributed by atoms with Gasteiger partial charge in [-0.25, -0.2) is 22.0 Å². The first-order valence-corrected chi connectivity index (χ1v) is 4.73. The lowest BCUT2D eigenvalue weighted by Gasteiger charge is -2.10. The highest BCUT2D eigenvalue weighted by atomic mass is 19.2. The number of primary amides is 1. The number of nitriles is 1. The molecule has 0 aliphatic carbocycles. The summed E-state index contributed by atoms with van der Waals surface area (Å²) in [5.74, 6) is -16.8. The van der Waals surface area contributed by atoms with Crippen molar-refractivity contribution in [3.8, 4) is 6.07 Å². The highest BCUT2D eigenvalue weighted by Gasteiger charge is 2.30. The number of hydrogen-bond donors (Lipinski definition) is 2. The molecule has 0 aliphatic heterocycles. The Morgan fingerprint density at radius 2 is 1.40 bits per heavy atom. The van der Waals surface area contributed by atoms with Crippen molar-refractivity contribution in [2.45, 2.75) is 0 Å². The molecule has 0 saturated heterocycles. The maximum atomic E-state index is 13.2. The van der Waals surface area contributed by atoms with E-state index in [2.05, 4.69) is 5.73 Å². The number of carbonyl (C=O) groups is 2. The predicted octanol–water partition coefficient (Wildman–Crippen LogP) is 0.946. The van der Waals surface area contributed by atoms with Crippen molar-refractivity contribution in [2.75, 3.05) is 5.32 Å². The molecule has 0 bridgehead atoms. The SMILES string of the molecule is N#CC(C(N)=O)C(=O)Nc1c(F)c(F)c(F)c(F)c1F. The summed E-state index contributed by atoms with van der Waals surface area (Å²) in [6, 6.07) is 1.11. The van der Waals surface area contributed by atoms with Crippen LogP contribution >= 0.6 is 0 Å². The van der Waals surface area contributed by atoms with Gasteiger partial charge in [-0.15, -0.1) is 0 Å². The number of benzene rings is 1. The lowest BCUT2D eigenvalue weighted by molar-refractivity contribution is -0.128. The molecular weight excluding hydrogens is 289 g/mol. The summed E-state index contributed by atoms with van der Waals surface area (Å²) in [4.78, 5) is 22.0. The Balaban J connectivity index is 3.27. The van der Waals surface area contributed by atoms with Gasteiger partial charge in [0.1, 0.15) is 5.69 Å². The maximum absolute atomic E-state index is 13.2. The van der Waals surface area contributed by atoms with Gasteiger partial charge < -0.3 is 11.1 Å². The number of hydrogen-bond acceptors (Lipinski definition) is 3. The minimum Gasteiger partial charge on any atom is -0.368 e. The summed E-state index contributed by atoms with van der Waals surface area (Å²) in [6.45, 7) is 0. The van der Waals surface area contributed by atoms with Gasteiger partial charge in [0.15, 0.2) is 23.3 Å². The highest BCUT2D eigenvalue weighted by Crippen LogP contribution is 2.27. The average molecular weight is 293 g/mol. The number of rotatable bonds is 3. The highest BCUT2D eigenvalue weighted by molar-refractivity contribution is 6.08. The molecule has 1 rings (SSSR count). The van der Waals surface area contributed by atoms with Gasteiger partial charge in [0.25, 0.3) is 5.91 Å². The van der Waals surface area contributed by atoms with Gasteiger partial charge in [0.2, 0.25) is 17.6 Å². The molecule has 10 heteroatoms. The van der Waals surface area contributed by atoms with Crippen LogP contribution in [0.3, 0.4) is 0 Å². The Morgan fingerprint density at radius 1 is 1.00 bits per heavy atom. The monoisotopic (exact) mass is 293 g/mol. The Kier molecular flexibility index (Phi) is 4.24. The third-order valence-electron chi connectivity index (χ3n) is 2.13. The van der Waals surface area contributed by atoms with Gasteiger partial charge in [0.05, 0.1) is 6.07 Å². The minimum atomic E-state index is -2.41. The molecule has 2 amide bonds. The quantitative estimate of drug-likeness (QED) is 0.376. The zero-order chi connectivity index (χ0) is 15.6. The van der Waals surface area contributed by atoms with Crippen molar-refractivity contribution in [3.63, 3.8) is 0 Å². The molecule has 1 aromatic carbocycles. The van der Waals surface area contributed by atoms with Gasteiger partial charge in [-0.2, -0.15) is 5.26 Å². The van der Waals surface area contributed by atoms with Crippen LogP contribution in [-0.2, 0) is 9.59 Å². The minimum absolute atomic E-state index is 1.11. The molecule has 3 N–H and O–H groups in total. The third-order valence-corrected chi connectivity index (χ3v) is 2.13. The van der Waals surface area contributed by atoms with E-state index < -0.39 is 52.5 Å². The molecule has 1 aromatic rings. The molecule has 106 valence electrons. The zero-order valence-corrected chi connectivity index (χ0v) is 9.31. The fourth-order valence-corrected chi connectivity index (χ4v) is 1.16. The smallest absolute Gasteiger partial charge is 0.251 e. The number of nitrogens with two attached hydrogens (primary N) is 1. The Labute approximate surface area is 107 Å². The fraction of sp³-hybridized carbons (Fsp3) is 0.100. The number of carbonyl (C=O) groups excluding carboxylic acids is 2. The number of anilines is 1. The molecular formula is C10H4F5N3O2. The van der Waals surface area contributed by atoms with Crippen LogP contribution in [0.25, 0.3) is 0 Å². The van der Waals surface area contributed by atoms with Crippen LogP contribution in [-0.4, -0.2) is 11.8 Å². The molecule has 1 unspecified atom stereocenters. The molecule has 1 atom stereocenters.